The topological polar surface area (TPSA) is 103 Å². The molecule has 0 spiro atoms. The number of carbonyl (C=O) groups excluding carboxylic acids is 2. The van der Waals surface area contributed by atoms with Crippen LogP contribution in [0.3, 0.4) is 0 Å². The summed E-state index contributed by atoms with van der Waals surface area (Å²) in [6.07, 6.45) is 0.00521. The zero-order valence-electron chi connectivity index (χ0n) is 15.9. The van der Waals surface area contributed by atoms with E-state index in [9.17, 15) is 9.59 Å². The monoisotopic (exact) mass is 371 g/mol. The molecule has 2 aromatic carbocycles. The first-order valence-corrected chi connectivity index (χ1v) is 8.62. The molecule has 2 aromatic rings. The molecular weight excluding hydrogens is 346 g/mol. The Balaban J connectivity index is 2.08. The Kier molecular flexibility index (Phi) is 6.65. The van der Waals surface area contributed by atoms with Crippen LogP contribution in [0.2, 0.25) is 0 Å². The van der Waals surface area contributed by atoms with Gasteiger partial charge in [-0.15, -0.1) is 0 Å². The van der Waals surface area contributed by atoms with Crippen molar-refractivity contribution in [1.82, 2.24) is 5.32 Å². The van der Waals surface area contributed by atoms with Gasteiger partial charge in [0.2, 0.25) is 0 Å². The maximum Gasteiger partial charge on any atom is 0.316 e. The highest BCUT2D eigenvalue weighted by molar-refractivity contribution is 5.95. The second-order valence-electron chi connectivity index (χ2n) is 6.34. The number of urea groups is 1. The highest BCUT2D eigenvalue weighted by atomic mass is 16.5. The molecule has 4 N–H and O–H groups in total. The minimum Gasteiger partial charge on any atom is -0.493 e. The van der Waals surface area contributed by atoms with Gasteiger partial charge in [-0.1, -0.05) is 12.1 Å². The van der Waals surface area contributed by atoms with E-state index < -0.39 is 6.03 Å². The Morgan fingerprint density at radius 2 is 1.67 bits per heavy atom. The van der Waals surface area contributed by atoms with Crippen LogP contribution in [0.25, 0.3) is 0 Å². The summed E-state index contributed by atoms with van der Waals surface area (Å²) in [5.74, 6) is 0.872. The fourth-order valence-electron chi connectivity index (χ4n) is 2.52. The number of amides is 3. The number of hydrogen-bond donors (Lipinski definition) is 3. The van der Waals surface area contributed by atoms with Crippen LogP contribution in [0, 0.1) is 0 Å². The summed E-state index contributed by atoms with van der Waals surface area (Å²) in [5, 5.41) is 5.43. The first kappa shape index (κ1) is 20.1. The van der Waals surface area contributed by atoms with Gasteiger partial charge in [-0.05, 0) is 56.7 Å². The van der Waals surface area contributed by atoms with Crippen molar-refractivity contribution in [3.63, 3.8) is 0 Å². The summed E-state index contributed by atoms with van der Waals surface area (Å²) in [5.41, 5.74) is 7.05. The van der Waals surface area contributed by atoms with Gasteiger partial charge in [0.1, 0.15) is 0 Å². The Morgan fingerprint density at radius 3 is 2.22 bits per heavy atom. The lowest BCUT2D eigenvalue weighted by molar-refractivity contribution is 0.0939. The first-order valence-electron chi connectivity index (χ1n) is 8.62. The first-order chi connectivity index (χ1) is 12.8. The van der Waals surface area contributed by atoms with E-state index in [0.29, 0.717) is 22.7 Å². The number of methoxy groups -OCH3 is 1. The number of ether oxygens (including phenoxy) is 2. The van der Waals surface area contributed by atoms with Crippen molar-refractivity contribution >= 4 is 17.6 Å². The number of benzene rings is 2. The van der Waals surface area contributed by atoms with Crippen molar-refractivity contribution in [2.45, 2.75) is 32.9 Å². The van der Waals surface area contributed by atoms with Gasteiger partial charge in [-0.3, -0.25) is 4.79 Å². The Hall–Kier alpha value is -3.22. The van der Waals surface area contributed by atoms with Crippen molar-refractivity contribution in [2.75, 3.05) is 12.4 Å². The molecule has 0 bridgehead atoms. The maximum atomic E-state index is 12.6. The zero-order valence-corrected chi connectivity index (χ0v) is 15.9. The Morgan fingerprint density at radius 1 is 1.00 bits per heavy atom. The number of carbonyl (C=O) groups is 2. The van der Waals surface area contributed by atoms with Crippen molar-refractivity contribution in [1.29, 1.82) is 0 Å². The Bertz CT molecular complexity index is 803. The smallest absolute Gasteiger partial charge is 0.316 e. The van der Waals surface area contributed by atoms with Gasteiger partial charge in [0.15, 0.2) is 11.5 Å². The second kappa shape index (κ2) is 8.93. The van der Waals surface area contributed by atoms with Gasteiger partial charge >= 0.3 is 6.03 Å². The summed E-state index contributed by atoms with van der Waals surface area (Å²) in [6.45, 7) is 5.72. The third kappa shape index (κ3) is 5.64. The summed E-state index contributed by atoms with van der Waals surface area (Å²) in [4.78, 5) is 23.4. The normalized spacial score (nSPS) is 11.6. The third-order valence-electron chi connectivity index (χ3n) is 3.81. The highest BCUT2D eigenvalue weighted by Crippen LogP contribution is 2.29. The van der Waals surface area contributed by atoms with E-state index in [-0.39, 0.29) is 18.1 Å². The maximum absolute atomic E-state index is 12.6. The molecule has 0 aliphatic rings. The lowest BCUT2D eigenvalue weighted by Gasteiger charge is -2.17. The Labute approximate surface area is 158 Å². The van der Waals surface area contributed by atoms with E-state index >= 15 is 0 Å². The molecule has 0 saturated carbocycles. The molecule has 0 saturated heterocycles. The predicted octanol–water partition coefficient (Wildman–Crippen LogP) is 3.46. The number of hydrogen-bond acceptors (Lipinski definition) is 4. The molecule has 0 aliphatic carbocycles. The lowest BCUT2D eigenvalue weighted by Crippen LogP contribution is -2.26. The van der Waals surface area contributed by atoms with E-state index in [0.717, 1.165) is 5.56 Å². The average Bonchev–Trinajstić information content (AvgIpc) is 2.61. The number of anilines is 1. The summed E-state index contributed by atoms with van der Waals surface area (Å²) in [6, 6.07) is 11.3. The molecule has 0 fully saturated rings. The molecular formula is C20H25N3O4. The molecule has 1 atom stereocenters. The molecule has 3 amide bonds. The van der Waals surface area contributed by atoms with E-state index in [1.807, 2.05) is 32.9 Å². The number of rotatable bonds is 7. The van der Waals surface area contributed by atoms with Crippen LogP contribution in [0.15, 0.2) is 42.5 Å². The molecule has 2 rings (SSSR count). The van der Waals surface area contributed by atoms with Crippen molar-refractivity contribution in [2.24, 2.45) is 5.73 Å². The van der Waals surface area contributed by atoms with Crippen molar-refractivity contribution < 1.29 is 19.1 Å². The number of nitrogens with two attached hydrogens (primary N) is 1. The largest absolute Gasteiger partial charge is 0.493 e. The zero-order chi connectivity index (χ0) is 20.0. The van der Waals surface area contributed by atoms with Crippen molar-refractivity contribution in [3.05, 3.63) is 53.6 Å². The predicted molar refractivity (Wildman–Crippen MR) is 104 cm³/mol. The van der Waals surface area contributed by atoms with Gasteiger partial charge in [0.25, 0.3) is 5.91 Å². The van der Waals surface area contributed by atoms with Crippen LogP contribution in [-0.2, 0) is 0 Å². The van der Waals surface area contributed by atoms with Gasteiger partial charge in [-0.2, -0.15) is 0 Å². The number of primary amides is 1. The van der Waals surface area contributed by atoms with E-state index in [2.05, 4.69) is 10.6 Å². The molecule has 0 unspecified atom stereocenters. The standard InChI is InChI=1S/C20H25N3O4/c1-12(2)27-17-10-7-15(11-18(17)26-4)19(24)22-13(3)14-5-8-16(9-6-14)23-20(21)25/h5-13H,1-4H3,(H,22,24)(H3,21,23,25)/t13-/m1/s1. The fourth-order valence-corrected chi connectivity index (χ4v) is 2.52. The van der Waals surface area contributed by atoms with E-state index in [1.54, 1.807) is 30.3 Å². The number of nitrogens with one attached hydrogen (secondary N) is 2. The van der Waals surface area contributed by atoms with Crippen LogP contribution in [-0.4, -0.2) is 25.2 Å². The molecule has 0 aliphatic heterocycles. The summed E-state index contributed by atoms with van der Waals surface area (Å²) >= 11 is 0. The van der Waals surface area contributed by atoms with Crippen LogP contribution in [0.1, 0.15) is 42.7 Å². The highest BCUT2D eigenvalue weighted by Gasteiger charge is 2.15. The second-order valence-corrected chi connectivity index (χ2v) is 6.34. The van der Waals surface area contributed by atoms with Gasteiger partial charge in [0, 0.05) is 11.3 Å². The van der Waals surface area contributed by atoms with E-state index in [4.69, 9.17) is 15.2 Å². The third-order valence-corrected chi connectivity index (χ3v) is 3.81. The fraction of sp³-hybridized carbons (Fsp3) is 0.300. The van der Waals surface area contributed by atoms with Gasteiger partial charge < -0.3 is 25.8 Å². The minimum atomic E-state index is -0.622. The minimum absolute atomic E-state index is 0.00521. The lowest BCUT2D eigenvalue weighted by atomic mass is 10.1. The van der Waals surface area contributed by atoms with E-state index in [1.165, 1.54) is 7.11 Å². The molecule has 0 radical (unpaired) electrons. The van der Waals surface area contributed by atoms with Crippen LogP contribution in [0.5, 0.6) is 11.5 Å². The molecule has 7 heteroatoms. The summed E-state index contributed by atoms with van der Waals surface area (Å²) in [7, 11) is 1.54. The quantitative estimate of drug-likeness (QED) is 0.693. The van der Waals surface area contributed by atoms with Crippen LogP contribution < -0.4 is 25.8 Å². The SMILES string of the molecule is COc1cc(C(=O)N[C@H](C)c2ccc(NC(N)=O)cc2)ccc1OC(C)C. The van der Waals surface area contributed by atoms with Gasteiger partial charge in [-0.25, -0.2) is 4.79 Å². The molecule has 7 nitrogen and oxygen atoms in total. The van der Waals surface area contributed by atoms with Gasteiger partial charge in [0.05, 0.1) is 19.3 Å². The molecule has 27 heavy (non-hydrogen) atoms. The van der Waals surface area contributed by atoms with Crippen LogP contribution >= 0.6 is 0 Å². The van der Waals surface area contributed by atoms with Crippen LogP contribution in [0.4, 0.5) is 10.5 Å². The average molecular weight is 371 g/mol. The summed E-state index contributed by atoms with van der Waals surface area (Å²) < 4.78 is 11.0. The molecule has 144 valence electrons. The molecule has 0 heterocycles. The van der Waals surface area contributed by atoms with Crippen molar-refractivity contribution in [3.8, 4) is 11.5 Å². The molecule has 0 aromatic heterocycles.